The molecule has 0 bridgehead atoms. The number of hydrogen-bond donors (Lipinski definition) is 1. The van der Waals surface area contributed by atoms with Gasteiger partial charge in [-0.1, -0.05) is 36.2 Å². The zero-order chi connectivity index (χ0) is 17.9. The summed E-state index contributed by atoms with van der Waals surface area (Å²) in [6.45, 7) is 3.43. The summed E-state index contributed by atoms with van der Waals surface area (Å²) >= 11 is 1.17. The minimum absolute atomic E-state index is 0.126. The van der Waals surface area contributed by atoms with Crippen LogP contribution in [0.3, 0.4) is 0 Å². The molecule has 134 valence electrons. The average Bonchev–Trinajstić information content (AvgIpc) is 3.11. The van der Waals surface area contributed by atoms with Gasteiger partial charge in [-0.25, -0.2) is 8.42 Å². The first-order valence-corrected chi connectivity index (χ1v) is 10.7. The first-order chi connectivity index (χ1) is 12.0. The molecule has 1 N–H and O–H groups in total. The number of rotatable bonds is 5. The molecule has 2 aromatic rings. The first kappa shape index (κ1) is 18.1. The maximum Gasteiger partial charge on any atom is 0.263 e. The number of carbonyl (C=O) groups excluding carboxylic acids is 1. The number of amides is 1. The Hall–Kier alpha value is -1.70. The SMILES string of the molecule is Cc1cccc(CNC(=O)c2sccc2S(=O)(=O)N2CCCCC2)c1. The molecule has 1 aliphatic heterocycles. The van der Waals surface area contributed by atoms with E-state index in [1.807, 2.05) is 31.2 Å². The molecule has 0 spiro atoms. The maximum absolute atomic E-state index is 12.8. The second-order valence-corrected chi connectivity index (χ2v) is 9.07. The summed E-state index contributed by atoms with van der Waals surface area (Å²) in [5.74, 6) is -0.341. The summed E-state index contributed by atoms with van der Waals surface area (Å²) in [6.07, 6.45) is 2.80. The van der Waals surface area contributed by atoms with E-state index in [0.717, 1.165) is 30.4 Å². The Morgan fingerprint density at radius 3 is 2.68 bits per heavy atom. The molecule has 3 rings (SSSR count). The van der Waals surface area contributed by atoms with Gasteiger partial charge in [0.2, 0.25) is 10.0 Å². The third-order valence-corrected chi connectivity index (χ3v) is 7.29. The Kier molecular flexibility index (Phi) is 5.56. The zero-order valence-corrected chi connectivity index (χ0v) is 15.8. The molecule has 0 saturated carbocycles. The number of benzene rings is 1. The van der Waals surface area contributed by atoms with Crippen LogP contribution < -0.4 is 5.32 Å². The standard InChI is InChI=1S/C18H22N2O3S2/c1-14-6-5-7-15(12-14)13-19-18(21)17-16(8-11-24-17)25(22,23)20-9-3-2-4-10-20/h5-8,11-12H,2-4,9-10,13H2,1H3,(H,19,21). The van der Waals surface area contributed by atoms with Crippen LogP contribution in [0.25, 0.3) is 0 Å². The summed E-state index contributed by atoms with van der Waals surface area (Å²) in [6, 6.07) is 9.41. The van der Waals surface area contributed by atoms with Crippen LogP contribution in [0.4, 0.5) is 0 Å². The molecule has 7 heteroatoms. The van der Waals surface area contributed by atoms with Crippen LogP contribution in [0.1, 0.15) is 40.1 Å². The van der Waals surface area contributed by atoms with Crippen molar-refractivity contribution in [2.75, 3.05) is 13.1 Å². The Morgan fingerprint density at radius 1 is 1.20 bits per heavy atom. The lowest BCUT2D eigenvalue weighted by Crippen LogP contribution is -2.36. The molecule has 25 heavy (non-hydrogen) atoms. The molecule has 1 fully saturated rings. The summed E-state index contributed by atoms with van der Waals surface area (Å²) in [4.78, 5) is 12.9. The van der Waals surface area contributed by atoms with E-state index in [0.29, 0.717) is 19.6 Å². The van der Waals surface area contributed by atoms with E-state index in [2.05, 4.69) is 5.32 Å². The van der Waals surface area contributed by atoms with Gasteiger partial charge in [-0.3, -0.25) is 4.79 Å². The van der Waals surface area contributed by atoms with Crippen molar-refractivity contribution >= 4 is 27.3 Å². The van der Waals surface area contributed by atoms with Crippen LogP contribution in [-0.4, -0.2) is 31.7 Å². The van der Waals surface area contributed by atoms with Crippen molar-refractivity contribution in [1.82, 2.24) is 9.62 Å². The lowest BCUT2D eigenvalue weighted by Gasteiger charge is -2.25. The summed E-state index contributed by atoms with van der Waals surface area (Å²) in [5, 5.41) is 4.50. The molecule has 0 unspecified atom stereocenters. The van der Waals surface area contributed by atoms with E-state index in [4.69, 9.17) is 0 Å². The number of thiophene rings is 1. The predicted molar refractivity (Wildman–Crippen MR) is 99.3 cm³/mol. The normalized spacial score (nSPS) is 15.9. The average molecular weight is 379 g/mol. The van der Waals surface area contributed by atoms with Crippen molar-refractivity contribution in [1.29, 1.82) is 0 Å². The highest BCUT2D eigenvalue weighted by molar-refractivity contribution is 7.89. The number of nitrogens with one attached hydrogen (secondary N) is 1. The van der Waals surface area contributed by atoms with E-state index in [9.17, 15) is 13.2 Å². The van der Waals surface area contributed by atoms with Crippen LogP contribution in [-0.2, 0) is 16.6 Å². The van der Waals surface area contributed by atoms with Crippen molar-refractivity contribution in [2.45, 2.75) is 37.6 Å². The van der Waals surface area contributed by atoms with Crippen molar-refractivity contribution in [3.63, 3.8) is 0 Å². The van der Waals surface area contributed by atoms with Gasteiger partial charge in [0.1, 0.15) is 9.77 Å². The van der Waals surface area contributed by atoms with Crippen LogP contribution in [0.5, 0.6) is 0 Å². The third-order valence-electron chi connectivity index (χ3n) is 4.30. The topological polar surface area (TPSA) is 66.5 Å². The van der Waals surface area contributed by atoms with Crippen molar-refractivity contribution in [3.8, 4) is 0 Å². The fourth-order valence-electron chi connectivity index (χ4n) is 3.00. The van der Waals surface area contributed by atoms with Crippen molar-refractivity contribution < 1.29 is 13.2 Å². The molecule has 0 radical (unpaired) electrons. The quantitative estimate of drug-likeness (QED) is 0.869. The maximum atomic E-state index is 12.8. The highest BCUT2D eigenvalue weighted by Crippen LogP contribution is 2.27. The molecule has 0 atom stereocenters. The minimum Gasteiger partial charge on any atom is -0.347 e. The largest absolute Gasteiger partial charge is 0.347 e. The highest BCUT2D eigenvalue weighted by atomic mass is 32.2. The van der Waals surface area contributed by atoms with Gasteiger partial charge in [0.25, 0.3) is 5.91 Å². The number of carbonyl (C=O) groups is 1. The summed E-state index contributed by atoms with van der Waals surface area (Å²) in [5.41, 5.74) is 2.11. The van der Waals surface area contributed by atoms with E-state index < -0.39 is 10.0 Å². The van der Waals surface area contributed by atoms with Gasteiger partial charge in [0, 0.05) is 19.6 Å². The number of hydrogen-bond acceptors (Lipinski definition) is 4. The Balaban J connectivity index is 1.75. The van der Waals surface area contributed by atoms with E-state index >= 15 is 0 Å². The van der Waals surface area contributed by atoms with Crippen LogP contribution in [0.15, 0.2) is 40.6 Å². The van der Waals surface area contributed by atoms with Crippen molar-refractivity contribution in [3.05, 3.63) is 51.7 Å². The highest BCUT2D eigenvalue weighted by Gasteiger charge is 2.30. The molecule has 5 nitrogen and oxygen atoms in total. The first-order valence-electron chi connectivity index (χ1n) is 8.40. The lowest BCUT2D eigenvalue weighted by atomic mass is 10.1. The van der Waals surface area contributed by atoms with Gasteiger partial charge in [-0.15, -0.1) is 11.3 Å². The molecule has 1 aromatic carbocycles. The van der Waals surface area contributed by atoms with Gasteiger partial charge in [-0.2, -0.15) is 4.31 Å². The van der Waals surface area contributed by atoms with E-state index in [1.54, 1.807) is 5.38 Å². The van der Waals surface area contributed by atoms with Crippen molar-refractivity contribution in [2.24, 2.45) is 0 Å². The Labute approximate surface area is 152 Å². The third kappa shape index (κ3) is 4.11. The molecule has 0 aliphatic carbocycles. The van der Waals surface area contributed by atoms with Gasteiger partial charge >= 0.3 is 0 Å². The molecule has 1 saturated heterocycles. The Morgan fingerprint density at radius 2 is 1.96 bits per heavy atom. The van der Waals surface area contributed by atoms with E-state index in [-0.39, 0.29) is 15.7 Å². The fraction of sp³-hybridized carbons (Fsp3) is 0.389. The summed E-state index contributed by atoms with van der Waals surface area (Å²) in [7, 11) is -3.60. The lowest BCUT2D eigenvalue weighted by molar-refractivity contribution is 0.0952. The molecular weight excluding hydrogens is 356 g/mol. The number of aryl methyl sites for hydroxylation is 1. The van der Waals surface area contributed by atoms with Gasteiger partial charge in [-0.05, 0) is 36.8 Å². The van der Waals surface area contributed by atoms with E-state index in [1.165, 1.54) is 21.7 Å². The Bertz CT molecular complexity index is 853. The summed E-state index contributed by atoms with van der Waals surface area (Å²) < 4.78 is 27.2. The molecular formula is C18H22N2O3S2. The second-order valence-electron chi connectivity index (χ2n) is 6.25. The fourth-order valence-corrected chi connectivity index (χ4v) is 5.83. The predicted octanol–water partition coefficient (Wildman–Crippen LogP) is 3.16. The minimum atomic E-state index is -3.60. The van der Waals surface area contributed by atoms with Gasteiger partial charge < -0.3 is 5.32 Å². The van der Waals surface area contributed by atoms with Gasteiger partial charge in [0.15, 0.2) is 0 Å². The number of nitrogens with zero attached hydrogens (tertiary/aromatic N) is 1. The molecule has 1 aromatic heterocycles. The number of piperidine rings is 1. The van der Waals surface area contributed by atoms with Crippen LogP contribution >= 0.6 is 11.3 Å². The number of sulfonamides is 1. The van der Waals surface area contributed by atoms with Gasteiger partial charge in [0.05, 0.1) is 0 Å². The monoisotopic (exact) mass is 378 g/mol. The molecule has 1 amide bonds. The van der Waals surface area contributed by atoms with Crippen LogP contribution in [0.2, 0.25) is 0 Å². The second kappa shape index (κ2) is 7.68. The smallest absolute Gasteiger partial charge is 0.263 e. The molecule has 1 aliphatic rings. The van der Waals surface area contributed by atoms with Crippen LogP contribution in [0, 0.1) is 6.92 Å². The zero-order valence-electron chi connectivity index (χ0n) is 14.2. The molecule has 2 heterocycles.